The smallest absolute Gasteiger partial charge is 0.348 e. The van der Waals surface area contributed by atoms with E-state index >= 15 is 0 Å². The number of carbonyl (C=O) groups is 1. The van der Waals surface area contributed by atoms with Gasteiger partial charge in [-0.25, -0.2) is 14.8 Å². The lowest BCUT2D eigenvalue weighted by Gasteiger charge is -1.95. The summed E-state index contributed by atoms with van der Waals surface area (Å²) in [7, 11) is 0. The van der Waals surface area contributed by atoms with Gasteiger partial charge in [0.05, 0.1) is 16.8 Å². The minimum Gasteiger partial charge on any atom is -0.462 e. The van der Waals surface area contributed by atoms with Crippen LogP contribution in [0.15, 0.2) is 18.6 Å². The van der Waals surface area contributed by atoms with Gasteiger partial charge in [0, 0.05) is 6.20 Å². The van der Waals surface area contributed by atoms with Crippen molar-refractivity contribution in [3.05, 3.63) is 23.5 Å². The van der Waals surface area contributed by atoms with Gasteiger partial charge in [-0.05, 0) is 13.0 Å². The van der Waals surface area contributed by atoms with Crippen LogP contribution in [0.4, 0.5) is 0 Å². The predicted octanol–water partition coefficient (Wildman–Crippen LogP) is 1.87. The van der Waals surface area contributed by atoms with Crippen molar-refractivity contribution >= 4 is 27.5 Å². The van der Waals surface area contributed by atoms with Gasteiger partial charge in [-0.3, -0.25) is 0 Å². The molecule has 2 aromatic rings. The lowest BCUT2D eigenvalue weighted by atomic mass is 10.4. The number of nitrogens with zero attached hydrogens (tertiary/aromatic N) is 2. The molecule has 0 saturated heterocycles. The first-order valence-electron chi connectivity index (χ1n) is 4.18. The molecule has 2 rings (SSSR count). The summed E-state index contributed by atoms with van der Waals surface area (Å²) >= 11 is 1.35. The molecule has 4 nitrogen and oxygen atoms in total. The number of rotatable bonds is 2. The summed E-state index contributed by atoms with van der Waals surface area (Å²) in [6.45, 7) is 2.17. The zero-order valence-corrected chi connectivity index (χ0v) is 8.37. The Labute approximate surface area is 84.6 Å². The third-order valence-electron chi connectivity index (χ3n) is 1.67. The molecule has 0 unspecified atom stereocenters. The third-order valence-corrected chi connectivity index (χ3v) is 2.71. The first-order valence-corrected chi connectivity index (χ1v) is 4.99. The molecule has 0 aromatic carbocycles. The van der Waals surface area contributed by atoms with Gasteiger partial charge in [0.2, 0.25) is 0 Å². The van der Waals surface area contributed by atoms with Crippen molar-refractivity contribution in [2.24, 2.45) is 0 Å². The molecule has 0 aliphatic carbocycles. The van der Waals surface area contributed by atoms with Gasteiger partial charge >= 0.3 is 5.97 Å². The Kier molecular flexibility index (Phi) is 2.41. The van der Waals surface area contributed by atoms with E-state index in [0.29, 0.717) is 11.5 Å². The molecule has 5 heteroatoms. The van der Waals surface area contributed by atoms with Gasteiger partial charge in [0.1, 0.15) is 11.2 Å². The maximum absolute atomic E-state index is 11.4. The number of carbonyl (C=O) groups excluding carboxylic acids is 1. The van der Waals surface area contributed by atoms with Crippen LogP contribution in [0.1, 0.15) is 16.6 Å². The summed E-state index contributed by atoms with van der Waals surface area (Å²) in [5.41, 5.74) is 0.785. The fourth-order valence-electron chi connectivity index (χ4n) is 1.09. The van der Waals surface area contributed by atoms with E-state index in [2.05, 4.69) is 9.97 Å². The highest BCUT2D eigenvalue weighted by Gasteiger charge is 2.11. The van der Waals surface area contributed by atoms with Crippen LogP contribution in [0.5, 0.6) is 0 Å². The normalized spacial score (nSPS) is 10.4. The monoisotopic (exact) mass is 208 g/mol. The summed E-state index contributed by atoms with van der Waals surface area (Å²) in [4.78, 5) is 19.8. The molecule has 2 heterocycles. The minimum atomic E-state index is -0.296. The van der Waals surface area contributed by atoms with Gasteiger partial charge in [-0.1, -0.05) is 0 Å². The molecule has 2 aromatic heterocycles. The second kappa shape index (κ2) is 3.71. The number of thiophene rings is 1. The lowest BCUT2D eigenvalue weighted by molar-refractivity contribution is 0.0532. The van der Waals surface area contributed by atoms with Crippen molar-refractivity contribution in [2.45, 2.75) is 6.92 Å². The van der Waals surface area contributed by atoms with Gasteiger partial charge in [-0.15, -0.1) is 11.3 Å². The zero-order chi connectivity index (χ0) is 9.97. The Morgan fingerprint density at radius 2 is 2.50 bits per heavy atom. The highest BCUT2D eigenvalue weighted by Crippen LogP contribution is 2.23. The molecular formula is C9H8N2O2S. The van der Waals surface area contributed by atoms with Crippen LogP contribution in [0.3, 0.4) is 0 Å². The molecule has 72 valence electrons. The minimum absolute atomic E-state index is 0.296. The van der Waals surface area contributed by atoms with Crippen molar-refractivity contribution in [2.75, 3.05) is 6.61 Å². The van der Waals surface area contributed by atoms with Crippen LogP contribution >= 0.6 is 11.3 Å². The molecule has 0 aliphatic rings. The van der Waals surface area contributed by atoms with E-state index in [1.807, 2.05) is 0 Å². The Morgan fingerprint density at radius 3 is 3.21 bits per heavy atom. The Bertz CT molecular complexity index is 434. The van der Waals surface area contributed by atoms with E-state index in [-0.39, 0.29) is 5.97 Å². The maximum atomic E-state index is 11.4. The molecular weight excluding hydrogens is 200 g/mol. The maximum Gasteiger partial charge on any atom is 0.348 e. The van der Waals surface area contributed by atoms with Crippen molar-refractivity contribution in [3.63, 3.8) is 0 Å². The van der Waals surface area contributed by atoms with E-state index in [0.717, 1.165) is 10.2 Å². The average Bonchev–Trinajstić information content (AvgIpc) is 2.61. The van der Waals surface area contributed by atoms with Crippen LogP contribution in [0.25, 0.3) is 10.2 Å². The number of hydrogen-bond acceptors (Lipinski definition) is 5. The second-order valence-electron chi connectivity index (χ2n) is 2.60. The van der Waals surface area contributed by atoms with Crippen molar-refractivity contribution < 1.29 is 9.53 Å². The summed E-state index contributed by atoms with van der Waals surface area (Å²) < 4.78 is 5.78. The van der Waals surface area contributed by atoms with Crippen LogP contribution in [-0.4, -0.2) is 22.5 Å². The predicted molar refractivity (Wildman–Crippen MR) is 53.4 cm³/mol. The van der Waals surface area contributed by atoms with Gasteiger partial charge in [-0.2, -0.15) is 0 Å². The first-order chi connectivity index (χ1) is 6.81. The van der Waals surface area contributed by atoms with Crippen molar-refractivity contribution in [3.8, 4) is 0 Å². The molecule has 0 atom stereocenters. The summed E-state index contributed by atoms with van der Waals surface area (Å²) in [6.07, 6.45) is 3.15. The molecule has 0 amide bonds. The largest absolute Gasteiger partial charge is 0.462 e. The molecule has 0 N–H and O–H groups in total. The summed E-state index contributed by atoms with van der Waals surface area (Å²) in [5, 5.41) is 0. The molecule has 0 fully saturated rings. The van der Waals surface area contributed by atoms with Crippen molar-refractivity contribution in [1.82, 2.24) is 9.97 Å². The number of aromatic nitrogens is 2. The number of esters is 1. The molecule has 0 radical (unpaired) electrons. The fraction of sp³-hybridized carbons (Fsp3) is 0.222. The Morgan fingerprint density at radius 1 is 1.64 bits per heavy atom. The van der Waals surface area contributed by atoms with E-state index in [9.17, 15) is 4.79 Å². The van der Waals surface area contributed by atoms with Crippen LogP contribution in [0.2, 0.25) is 0 Å². The van der Waals surface area contributed by atoms with E-state index in [4.69, 9.17) is 4.74 Å². The second-order valence-corrected chi connectivity index (χ2v) is 3.69. The van der Waals surface area contributed by atoms with E-state index < -0.39 is 0 Å². The van der Waals surface area contributed by atoms with Crippen molar-refractivity contribution in [1.29, 1.82) is 0 Å². The lowest BCUT2D eigenvalue weighted by Crippen LogP contribution is -2.01. The topological polar surface area (TPSA) is 52.1 Å². The molecule has 0 aliphatic heterocycles. The molecule has 0 spiro atoms. The standard InChI is InChI=1S/C9H8N2O2S/c1-2-13-9(12)7-3-6-8(14-7)4-10-5-11-6/h3-5H,2H2,1H3. The SMILES string of the molecule is CCOC(=O)c1cc2ncncc2s1. The zero-order valence-electron chi connectivity index (χ0n) is 7.56. The number of fused-ring (bicyclic) bond motifs is 1. The van der Waals surface area contributed by atoms with E-state index in [1.54, 1.807) is 19.2 Å². The Hall–Kier alpha value is -1.49. The van der Waals surface area contributed by atoms with Crippen LogP contribution < -0.4 is 0 Å². The highest BCUT2D eigenvalue weighted by molar-refractivity contribution is 7.20. The first kappa shape index (κ1) is 9.08. The Balaban J connectivity index is 2.40. The van der Waals surface area contributed by atoms with Gasteiger partial charge < -0.3 is 4.74 Å². The van der Waals surface area contributed by atoms with Crippen LogP contribution in [-0.2, 0) is 4.74 Å². The quantitative estimate of drug-likeness (QED) is 0.707. The van der Waals surface area contributed by atoms with Gasteiger partial charge in [0.25, 0.3) is 0 Å². The van der Waals surface area contributed by atoms with Gasteiger partial charge in [0.15, 0.2) is 0 Å². The molecule has 14 heavy (non-hydrogen) atoms. The third kappa shape index (κ3) is 1.58. The summed E-state index contributed by atoms with van der Waals surface area (Å²) in [5.74, 6) is -0.296. The fourth-order valence-corrected chi connectivity index (χ4v) is 1.97. The number of ether oxygens (including phenoxy) is 1. The highest BCUT2D eigenvalue weighted by atomic mass is 32.1. The van der Waals surface area contributed by atoms with E-state index in [1.165, 1.54) is 17.7 Å². The summed E-state index contributed by atoms with van der Waals surface area (Å²) in [6, 6.07) is 1.72. The molecule has 0 bridgehead atoms. The average molecular weight is 208 g/mol. The molecule has 0 saturated carbocycles. The number of hydrogen-bond donors (Lipinski definition) is 0. The van der Waals surface area contributed by atoms with Crippen LogP contribution in [0, 0.1) is 0 Å².